The number of nitrogens with one attached hydrogen (secondary N) is 1. The van der Waals surface area contributed by atoms with Crippen molar-refractivity contribution in [3.8, 4) is 0 Å². The van der Waals surface area contributed by atoms with E-state index in [-0.39, 0.29) is 0 Å². The van der Waals surface area contributed by atoms with Gasteiger partial charge in [-0.2, -0.15) is 0 Å². The Morgan fingerprint density at radius 2 is 2.08 bits per heavy atom. The molecule has 3 aliphatic carbocycles. The molecule has 1 saturated heterocycles. The number of hydrogen-bond acceptors (Lipinski definition) is 1. The van der Waals surface area contributed by atoms with Crippen molar-refractivity contribution >= 4 is 0 Å². The standard InChI is InChI=1S/C11H17N/c1-7-10(11(7)6-12-11)5-4-8-2-3-9(8)10/h7-9,12H,2-6H2,1H3. The van der Waals surface area contributed by atoms with Gasteiger partial charge in [-0.1, -0.05) is 6.92 Å². The highest BCUT2D eigenvalue weighted by molar-refractivity contribution is 5.39. The van der Waals surface area contributed by atoms with E-state index in [9.17, 15) is 0 Å². The van der Waals surface area contributed by atoms with Crippen molar-refractivity contribution < 1.29 is 0 Å². The zero-order valence-corrected chi connectivity index (χ0v) is 7.77. The average molecular weight is 163 g/mol. The largest absolute Gasteiger partial charge is 0.307 e. The first-order chi connectivity index (χ1) is 5.81. The summed E-state index contributed by atoms with van der Waals surface area (Å²) in [7, 11) is 0. The van der Waals surface area contributed by atoms with Gasteiger partial charge in [-0.3, -0.25) is 0 Å². The summed E-state index contributed by atoms with van der Waals surface area (Å²) in [5.41, 5.74) is 1.50. The van der Waals surface area contributed by atoms with Crippen molar-refractivity contribution in [1.29, 1.82) is 0 Å². The third kappa shape index (κ3) is 0.396. The summed E-state index contributed by atoms with van der Waals surface area (Å²) >= 11 is 0. The van der Waals surface area contributed by atoms with Gasteiger partial charge in [-0.15, -0.1) is 0 Å². The van der Waals surface area contributed by atoms with Crippen molar-refractivity contribution in [1.82, 2.24) is 5.32 Å². The quantitative estimate of drug-likeness (QED) is 0.540. The summed E-state index contributed by atoms with van der Waals surface area (Å²) < 4.78 is 0. The van der Waals surface area contributed by atoms with Gasteiger partial charge >= 0.3 is 0 Å². The molecular formula is C11H17N. The molecule has 5 atom stereocenters. The fourth-order valence-corrected chi connectivity index (χ4v) is 4.87. The van der Waals surface area contributed by atoms with Crippen LogP contribution < -0.4 is 5.32 Å². The molecule has 1 aliphatic heterocycles. The molecule has 5 unspecified atom stereocenters. The van der Waals surface area contributed by atoms with Crippen molar-refractivity contribution in [3.05, 3.63) is 0 Å². The maximum atomic E-state index is 3.65. The second kappa shape index (κ2) is 1.50. The minimum Gasteiger partial charge on any atom is -0.307 e. The van der Waals surface area contributed by atoms with E-state index in [2.05, 4.69) is 12.2 Å². The molecule has 66 valence electrons. The minimum absolute atomic E-state index is 0.687. The molecular weight excluding hydrogens is 146 g/mol. The predicted octanol–water partition coefficient (Wildman–Crippen LogP) is 1.78. The van der Waals surface area contributed by atoms with Crippen LogP contribution in [0, 0.1) is 23.2 Å². The molecule has 0 aromatic rings. The van der Waals surface area contributed by atoms with Crippen LogP contribution in [0.1, 0.15) is 32.6 Å². The highest BCUT2D eigenvalue weighted by atomic mass is 15.3. The van der Waals surface area contributed by atoms with E-state index < -0.39 is 0 Å². The molecule has 0 aromatic carbocycles. The molecule has 0 radical (unpaired) electrons. The van der Waals surface area contributed by atoms with E-state index in [1.54, 1.807) is 25.7 Å². The highest BCUT2D eigenvalue weighted by Crippen LogP contribution is 2.80. The second-order valence-electron chi connectivity index (χ2n) is 5.57. The normalized spacial score (nSPS) is 71.2. The molecule has 2 spiro atoms. The zero-order valence-electron chi connectivity index (χ0n) is 7.77. The van der Waals surface area contributed by atoms with E-state index in [1.807, 2.05) is 0 Å². The summed E-state index contributed by atoms with van der Waals surface area (Å²) in [4.78, 5) is 0. The van der Waals surface area contributed by atoms with Gasteiger partial charge in [0, 0.05) is 12.1 Å². The van der Waals surface area contributed by atoms with Crippen LogP contribution in [0.4, 0.5) is 0 Å². The summed E-state index contributed by atoms with van der Waals surface area (Å²) in [6.07, 6.45) is 6.21. The van der Waals surface area contributed by atoms with Gasteiger partial charge in [0.15, 0.2) is 0 Å². The monoisotopic (exact) mass is 163 g/mol. The lowest BCUT2D eigenvalue weighted by atomic mass is 9.70. The molecule has 4 fully saturated rings. The first-order valence-corrected chi connectivity index (χ1v) is 5.56. The minimum atomic E-state index is 0.687. The Kier molecular flexibility index (Phi) is 0.800. The first kappa shape index (κ1) is 6.42. The maximum Gasteiger partial charge on any atom is 0.0401 e. The van der Waals surface area contributed by atoms with Crippen LogP contribution in [0.15, 0.2) is 0 Å². The zero-order chi connectivity index (χ0) is 7.97. The summed E-state index contributed by atoms with van der Waals surface area (Å²) in [5, 5.41) is 3.65. The lowest BCUT2D eigenvalue weighted by molar-refractivity contribution is 0.144. The SMILES string of the molecule is CC1C2(CN2)C12CCC1CCC12. The van der Waals surface area contributed by atoms with Crippen LogP contribution in [0.2, 0.25) is 0 Å². The molecule has 1 nitrogen and oxygen atoms in total. The van der Waals surface area contributed by atoms with Gasteiger partial charge in [0.1, 0.15) is 0 Å². The third-order valence-corrected chi connectivity index (χ3v) is 5.82. The lowest BCUT2D eigenvalue weighted by Crippen LogP contribution is -2.29. The van der Waals surface area contributed by atoms with E-state index in [1.165, 1.54) is 6.54 Å². The maximum absolute atomic E-state index is 3.65. The van der Waals surface area contributed by atoms with Crippen molar-refractivity contribution in [2.45, 2.75) is 38.1 Å². The average Bonchev–Trinajstić information content (AvgIpc) is 2.83. The van der Waals surface area contributed by atoms with Gasteiger partial charge in [0.2, 0.25) is 0 Å². The summed E-state index contributed by atoms with van der Waals surface area (Å²) in [5.74, 6) is 3.30. The van der Waals surface area contributed by atoms with Crippen molar-refractivity contribution in [3.63, 3.8) is 0 Å². The van der Waals surface area contributed by atoms with Crippen molar-refractivity contribution in [2.24, 2.45) is 23.2 Å². The van der Waals surface area contributed by atoms with Crippen molar-refractivity contribution in [2.75, 3.05) is 6.54 Å². The topological polar surface area (TPSA) is 21.9 Å². The molecule has 4 rings (SSSR count). The van der Waals surface area contributed by atoms with Gasteiger partial charge in [0.25, 0.3) is 0 Å². The fourth-order valence-electron chi connectivity index (χ4n) is 4.87. The van der Waals surface area contributed by atoms with Crippen LogP contribution in [-0.2, 0) is 0 Å². The van der Waals surface area contributed by atoms with E-state index in [0.717, 1.165) is 23.2 Å². The Hall–Kier alpha value is -0.0400. The van der Waals surface area contributed by atoms with Crippen LogP contribution in [-0.4, -0.2) is 12.1 Å². The first-order valence-electron chi connectivity index (χ1n) is 5.56. The van der Waals surface area contributed by atoms with Crippen LogP contribution in [0.3, 0.4) is 0 Å². The molecule has 0 amide bonds. The van der Waals surface area contributed by atoms with Gasteiger partial charge in [-0.05, 0) is 48.9 Å². The molecule has 3 saturated carbocycles. The Morgan fingerprint density at radius 1 is 1.25 bits per heavy atom. The van der Waals surface area contributed by atoms with E-state index in [4.69, 9.17) is 0 Å². The Bertz CT molecular complexity index is 256. The molecule has 0 bridgehead atoms. The summed E-state index contributed by atoms with van der Waals surface area (Å²) in [6.45, 7) is 3.83. The molecule has 12 heavy (non-hydrogen) atoms. The van der Waals surface area contributed by atoms with Crippen LogP contribution in [0.25, 0.3) is 0 Å². The Balaban J connectivity index is 1.76. The van der Waals surface area contributed by atoms with Crippen LogP contribution >= 0.6 is 0 Å². The molecule has 1 heterocycles. The van der Waals surface area contributed by atoms with E-state index >= 15 is 0 Å². The van der Waals surface area contributed by atoms with Gasteiger partial charge in [-0.25, -0.2) is 0 Å². The molecule has 0 aromatic heterocycles. The molecule has 1 heteroatoms. The number of rotatable bonds is 0. The molecule has 4 aliphatic rings. The Labute approximate surface area is 73.9 Å². The van der Waals surface area contributed by atoms with Gasteiger partial charge in [0.05, 0.1) is 0 Å². The molecule has 1 N–H and O–H groups in total. The third-order valence-electron chi connectivity index (χ3n) is 5.82. The predicted molar refractivity (Wildman–Crippen MR) is 47.8 cm³/mol. The van der Waals surface area contributed by atoms with Crippen LogP contribution in [0.5, 0.6) is 0 Å². The van der Waals surface area contributed by atoms with Gasteiger partial charge < -0.3 is 5.32 Å². The van der Waals surface area contributed by atoms with E-state index in [0.29, 0.717) is 5.54 Å². The fraction of sp³-hybridized carbons (Fsp3) is 1.00. The second-order valence-corrected chi connectivity index (χ2v) is 5.57. The smallest absolute Gasteiger partial charge is 0.0401 e. The number of hydrogen-bond donors (Lipinski definition) is 1. The lowest BCUT2D eigenvalue weighted by Gasteiger charge is -2.35. The Morgan fingerprint density at radius 3 is 2.50 bits per heavy atom. The highest BCUT2D eigenvalue weighted by Gasteiger charge is 2.84. The number of fused-ring (bicyclic) bond motifs is 3. The summed E-state index contributed by atoms with van der Waals surface area (Å²) in [6, 6.07) is 0.